The van der Waals surface area contributed by atoms with Crippen molar-refractivity contribution in [1.82, 2.24) is 0 Å². The lowest BCUT2D eigenvalue weighted by Gasteiger charge is -2.31. The zero-order valence-electron chi connectivity index (χ0n) is 11.2. The van der Waals surface area contributed by atoms with Crippen molar-refractivity contribution in [2.75, 3.05) is 6.61 Å². The molecule has 8 heteroatoms. The van der Waals surface area contributed by atoms with Crippen molar-refractivity contribution >= 4 is 5.97 Å². The third-order valence-corrected chi connectivity index (χ3v) is 2.92. The Morgan fingerprint density at radius 3 is 1.90 bits per heavy atom. The van der Waals surface area contributed by atoms with Crippen molar-refractivity contribution in [3.63, 3.8) is 0 Å². The minimum atomic E-state index is -4.63. The van der Waals surface area contributed by atoms with Crippen molar-refractivity contribution in [2.45, 2.75) is 31.5 Å². The van der Waals surface area contributed by atoms with E-state index in [0.717, 1.165) is 0 Å². The molecule has 0 aliphatic heterocycles. The Bertz CT molecular complexity index is 506. The molecule has 1 N–H and O–H groups in total. The fourth-order valence-corrected chi connectivity index (χ4v) is 1.59. The predicted octanol–water partition coefficient (Wildman–Crippen LogP) is 3.11. The summed E-state index contributed by atoms with van der Waals surface area (Å²) in [4.78, 5) is 11.2. The molecule has 118 valence electrons. The minimum absolute atomic E-state index is 0.322. The van der Waals surface area contributed by atoms with Gasteiger partial charge < -0.3 is 9.84 Å². The first kappa shape index (κ1) is 17.4. The number of halogens is 5. The van der Waals surface area contributed by atoms with Gasteiger partial charge >= 0.3 is 18.1 Å². The first-order valence-corrected chi connectivity index (χ1v) is 5.89. The lowest BCUT2D eigenvalue weighted by molar-refractivity contribution is -0.212. The Morgan fingerprint density at radius 1 is 1.10 bits per heavy atom. The largest absolute Gasteiger partial charge is 0.461 e. The number of rotatable bonds is 4. The molecular weight excluding hydrogens is 299 g/mol. The van der Waals surface area contributed by atoms with Crippen LogP contribution in [0.15, 0.2) is 24.3 Å². The highest BCUT2D eigenvalue weighted by Gasteiger charge is 2.57. The van der Waals surface area contributed by atoms with E-state index in [1.54, 1.807) is 0 Å². The van der Waals surface area contributed by atoms with Crippen LogP contribution in [0.5, 0.6) is 0 Å². The Morgan fingerprint density at radius 2 is 1.52 bits per heavy atom. The van der Waals surface area contributed by atoms with Crippen LogP contribution in [-0.4, -0.2) is 23.6 Å². The SMILES string of the molecule is CCOC(=O)C(F)(F)C(C)(O)c1ccc(C(F)(F)F)cc1. The van der Waals surface area contributed by atoms with Crippen molar-refractivity contribution in [3.05, 3.63) is 35.4 Å². The van der Waals surface area contributed by atoms with E-state index in [-0.39, 0.29) is 6.61 Å². The van der Waals surface area contributed by atoms with Crippen LogP contribution in [0.1, 0.15) is 25.0 Å². The van der Waals surface area contributed by atoms with E-state index >= 15 is 0 Å². The molecule has 0 saturated carbocycles. The molecule has 1 rings (SSSR count). The molecule has 1 aromatic rings. The van der Waals surface area contributed by atoms with E-state index in [2.05, 4.69) is 4.74 Å². The number of ether oxygens (including phenoxy) is 1. The van der Waals surface area contributed by atoms with Gasteiger partial charge in [0.25, 0.3) is 0 Å². The molecule has 1 atom stereocenters. The second-order valence-corrected chi connectivity index (χ2v) is 4.44. The summed E-state index contributed by atoms with van der Waals surface area (Å²) in [5, 5.41) is 9.87. The normalized spacial score (nSPS) is 15.4. The van der Waals surface area contributed by atoms with Gasteiger partial charge in [-0.25, -0.2) is 4.79 Å². The van der Waals surface area contributed by atoms with Gasteiger partial charge in [0.2, 0.25) is 0 Å². The molecule has 1 unspecified atom stereocenters. The van der Waals surface area contributed by atoms with Crippen LogP contribution in [0.25, 0.3) is 0 Å². The van der Waals surface area contributed by atoms with Crippen LogP contribution in [0, 0.1) is 0 Å². The van der Waals surface area contributed by atoms with Crippen molar-refractivity contribution in [3.8, 4) is 0 Å². The number of hydrogen-bond donors (Lipinski definition) is 1. The molecule has 1 aromatic carbocycles. The first-order valence-electron chi connectivity index (χ1n) is 5.89. The summed E-state index contributed by atoms with van der Waals surface area (Å²) >= 11 is 0. The summed E-state index contributed by atoms with van der Waals surface area (Å²) in [5.41, 5.74) is -4.58. The van der Waals surface area contributed by atoms with E-state index in [4.69, 9.17) is 0 Å². The number of carbonyl (C=O) groups is 1. The van der Waals surface area contributed by atoms with E-state index in [1.165, 1.54) is 6.92 Å². The Balaban J connectivity index is 3.15. The van der Waals surface area contributed by atoms with Gasteiger partial charge in [0.15, 0.2) is 5.60 Å². The topological polar surface area (TPSA) is 46.5 Å². The number of benzene rings is 1. The number of hydrogen-bond acceptors (Lipinski definition) is 3. The molecule has 0 heterocycles. The zero-order valence-corrected chi connectivity index (χ0v) is 11.2. The van der Waals surface area contributed by atoms with Crippen LogP contribution < -0.4 is 0 Å². The van der Waals surface area contributed by atoms with Crippen molar-refractivity contribution < 1.29 is 36.6 Å². The van der Waals surface area contributed by atoms with Gasteiger partial charge in [0.1, 0.15) is 0 Å². The number of carbonyl (C=O) groups excluding carboxylic acids is 1. The maximum Gasteiger partial charge on any atom is 0.416 e. The second-order valence-electron chi connectivity index (χ2n) is 4.44. The number of esters is 1. The number of alkyl halides is 5. The van der Waals surface area contributed by atoms with E-state index in [9.17, 15) is 31.9 Å². The Kier molecular flexibility index (Phi) is 4.62. The fraction of sp³-hybridized carbons (Fsp3) is 0.462. The average Bonchev–Trinajstić information content (AvgIpc) is 2.37. The Labute approximate surface area is 117 Å². The van der Waals surface area contributed by atoms with Crippen LogP contribution in [0.3, 0.4) is 0 Å². The second kappa shape index (κ2) is 5.59. The van der Waals surface area contributed by atoms with Crippen LogP contribution in [0.2, 0.25) is 0 Å². The molecule has 0 fully saturated rings. The smallest absolute Gasteiger partial charge is 0.416 e. The maximum atomic E-state index is 13.9. The van der Waals surface area contributed by atoms with Gasteiger partial charge in [-0.05, 0) is 31.5 Å². The highest BCUT2D eigenvalue weighted by molar-refractivity contribution is 5.79. The third kappa shape index (κ3) is 3.31. The van der Waals surface area contributed by atoms with Gasteiger partial charge in [0, 0.05) is 0 Å². The first-order chi connectivity index (χ1) is 9.44. The molecule has 0 spiro atoms. The van der Waals surface area contributed by atoms with Crippen LogP contribution in [-0.2, 0) is 21.3 Å². The molecule has 21 heavy (non-hydrogen) atoms. The Hall–Kier alpha value is -1.70. The molecule has 0 saturated heterocycles. The third-order valence-electron chi connectivity index (χ3n) is 2.92. The number of aliphatic hydroxyl groups is 1. The highest BCUT2D eigenvalue weighted by Crippen LogP contribution is 2.39. The summed E-state index contributed by atoms with van der Waals surface area (Å²) in [5.74, 6) is -6.25. The predicted molar refractivity (Wildman–Crippen MR) is 62.6 cm³/mol. The van der Waals surface area contributed by atoms with E-state index in [1.807, 2.05) is 0 Å². The summed E-state index contributed by atoms with van der Waals surface area (Å²) in [7, 11) is 0. The molecule has 3 nitrogen and oxygen atoms in total. The monoisotopic (exact) mass is 312 g/mol. The summed E-state index contributed by atoms with van der Waals surface area (Å²) < 4.78 is 69.1. The lowest BCUT2D eigenvalue weighted by atomic mass is 9.88. The zero-order chi connectivity index (χ0) is 16.5. The summed E-state index contributed by atoms with van der Waals surface area (Å²) in [6.45, 7) is 1.62. The highest BCUT2D eigenvalue weighted by atomic mass is 19.4. The van der Waals surface area contributed by atoms with E-state index in [0.29, 0.717) is 31.2 Å². The molecule has 0 radical (unpaired) electrons. The molecule has 0 amide bonds. The lowest BCUT2D eigenvalue weighted by Crippen LogP contribution is -2.49. The molecule has 0 bridgehead atoms. The van der Waals surface area contributed by atoms with Crippen molar-refractivity contribution in [1.29, 1.82) is 0 Å². The van der Waals surface area contributed by atoms with Crippen molar-refractivity contribution in [2.24, 2.45) is 0 Å². The quantitative estimate of drug-likeness (QED) is 0.686. The summed E-state index contributed by atoms with van der Waals surface area (Å²) in [6, 6.07) is 2.47. The standard InChI is InChI=1S/C13H13F5O3/c1-3-21-10(19)12(14,15)11(2,20)8-4-6-9(7-5-8)13(16,17)18/h4-7,20H,3H2,1-2H3. The van der Waals surface area contributed by atoms with Crippen LogP contribution in [0.4, 0.5) is 22.0 Å². The van der Waals surface area contributed by atoms with Gasteiger partial charge in [0.05, 0.1) is 12.2 Å². The molecule has 0 aliphatic carbocycles. The van der Waals surface area contributed by atoms with Gasteiger partial charge in [-0.2, -0.15) is 22.0 Å². The van der Waals surface area contributed by atoms with Gasteiger partial charge in [-0.3, -0.25) is 0 Å². The molecule has 0 aliphatic rings. The average molecular weight is 312 g/mol. The van der Waals surface area contributed by atoms with Gasteiger partial charge in [-0.15, -0.1) is 0 Å². The molecular formula is C13H13F5O3. The summed E-state index contributed by atoms with van der Waals surface area (Å²) in [6.07, 6.45) is -4.63. The van der Waals surface area contributed by atoms with Crippen LogP contribution >= 0.6 is 0 Å². The van der Waals surface area contributed by atoms with E-state index < -0.39 is 34.8 Å². The minimum Gasteiger partial charge on any atom is -0.461 e. The maximum absolute atomic E-state index is 13.9. The molecule has 0 aromatic heterocycles. The van der Waals surface area contributed by atoms with Gasteiger partial charge in [-0.1, -0.05) is 12.1 Å². The fourth-order valence-electron chi connectivity index (χ4n) is 1.59.